The molecule has 2 aromatic rings. The Morgan fingerprint density at radius 1 is 1.13 bits per heavy atom. The fourth-order valence-electron chi connectivity index (χ4n) is 4.14. The van der Waals surface area contributed by atoms with Gasteiger partial charge < -0.3 is 25.6 Å². The number of piperidine rings is 1. The van der Waals surface area contributed by atoms with Crippen LogP contribution < -0.4 is 20.9 Å². The zero-order chi connectivity index (χ0) is 20.9. The molecule has 4 rings (SSSR count). The second kappa shape index (κ2) is 9.19. The average Bonchev–Trinajstić information content (AvgIpc) is 3.27. The van der Waals surface area contributed by atoms with Gasteiger partial charge in [-0.1, -0.05) is 12.1 Å². The lowest BCUT2D eigenvalue weighted by atomic mass is 10.1. The standard InChI is InChI=1S/C22H30N6O2/c1-16-13-20(26-21(23)25-16)28-11-7-19(8-12-28)30-22(29)24-15-17-5-4-6-18(14-17)27-9-2-3-10-27/h4-6,13-14,19H,2-3,7-12,15H2,1H3,(H,24,29)(H2,23,25,26). The average molecular weight is 411 g/mol. The molecular weight excluding hydrogens is 380 g/mol. The third-order valence-corrected chi connectivity index (χ3v) is 5.72. The number of nitrogens with one attached hydrogen (secondary N) is 1. The molecule has 0 unspecified atom stereocenters. The summed E-state index contributed by atoms with van der Waals surface area (Å²) in [6, 6.07) is 10.3. The minimum absolute atomic E-state index is 0.0857. The largest absolute Gasteiger partial charge is 0.446 e. The summed E-state index contributed by atoms with van der Waals surface area (Å²) in [5.74, 6) is 1.12. The number of rotatable bonds is 5. The smallest absolute Gasteiger partial charge is 0.407 e. The van der Waals surface area contributed by atoms with E-state index in [1.165, 1.54) is 18.5 Å². The van der Waals surface area contributed by atoms with E-state index in [-0.39, 0.29) is 18.1 Å². The van der Waals surface area contributed by atoms with E-state index >= 15 is 0 Å². The number of carbonyl (C=O) groups excluding carboxylic acids is 1. The van der Waals surface area contributed by atoms with Crippen molar-refractivity contribution in [1.82, 2.24) is 15.3 Å². The molecule has 2 aliphatic rings. The maximum absolute atomic E-state index is 12.3. The number of nitrogens with two attached hydrogens (primary N) is 1. The number of ether oxygens (including phenoxy) is 1. The van der Waals surface area contributed by atoms with E-state index in [9.17, 15) is 4.79 Å². The Bertz CT molecular complexity index is 855. The predicted molar refractivity (Wildman–Crippen MR) is 118 cm³/mol. The number of aryl methyl sites for hydroxylation is 1. The van der Waals surface area contributed by atoms with Crippen molar-refractivity contribution < 1.29 is 9.53 Å². The highest BCUT2D eigenvalue weighted by Crippen LogP contribution is 2.22. The van der Waals surface area contributed by atoms with Gasteiger partial charge in [0.25, 0.3) is 0 Å². The predicted octanol–water partition coefficient (Wildman–Crippen LogP) is 2.86. The molecule has 0 bridgehead atoms. The number of hydrogen-bond donors (Lipinski definition) is 2. The maximum atomic E-state index is 12.3. The Morgan fingerprint density at radius 2 is 1.90 bits per heavy atom. The summed E-state index contributed by atoms with van der Waals surface area (Å²) in [5.41, 5.74) is 8.92. The fourth-order valence-corrected chi connectivity index (χ4v) is 4.14. The van der Waals surface area contributed by atoms with Crippen LogP contribution in [0.2, 0.25) is 0 Å². The van der Waals surface area contributed by atoms with Crippen molar-refractivity contribution in [1.29, 1.82) is 0 Å². The summed E-state index contributed by atoms with van der Waals surface area (Å²) in [6.45, 7) is 6.14. The van der Waals surface area contributed by atoms with Gasteiger partial charge in [0.05, 0.1) is 0 Å². The first-order chi connectivity index (χ1) is 14.6. The number of benzene rings is 1. The molecule has 1 aromatic heterocycles. The number of alkyl carbamates (subject to hydrolysis) is 1. The number of hydrogen-bond acceptors (Lipinski definition) is 7. The first-order valence-electron chi connectivity index (χ1n) is 10.7. The van der Waals surface area contributed by atoms with Gasteiger partial charge in [0.15, 0.2) is 0 Å². The number of aromatic nitrogens is 2. The lowest BCUT2D eigenvalue weighted by molar-refractivity contribution is 0.0828. The van der Waals surface area contributed by atoms with Gasteiger partial charge in [0.2, 0.25) is 5.95 Å². The number of carbonyl (C=O) groups is 1. The van der Waals surface area contributed by atoms with Crippen LogP contribution in [0.5, 0.6) is 0 Å². The molecule has 3 N–H and O–H groups in total. The zero-order valence-electron chi connectivity index (χ0n) is 17.5. The van der Waals surface area contributed by atoms with Crippen molar-refractivity contribution in [2.24, 2.45) is 0 Å². The van der Waals surface area contributed by atoms with Crippen LogP contribution in [0.1, 0.15) is 36.9 Å². The molecule has 0 aliphatic carbocycles. The first-order valence-corrected chi connectivity index (χ1v) is 10.7. The van der Waals surface area contributed by atoms with Crippen LogP contribution in [0.4, 0.5) is 22.2 Å². The monoisotopic (exact) mass is 410 g/mol. The van der Waals surface area contributed by atoms with Gasteiger partial charge in [0, 0.05) is 63.0 Å². The minimum Gasteiger partial charge on any atom is -0.446 e. The van der Waals surface area contributed by atoms with Gasteiger partial charge in [-0.3, -0.25) is 0 Å². The van der Waals surface area contributed by atoms with Crippen LogP contribution in [0, 0.1) is 6.92 Å². The molecule has 2 aliphatic heterocycles. The highest BCUT2D eigenvalue weighted by atomic mass is 16.6. The molecule has 30 heavy (non-hydrogen) atoms. The molecular formula is C22H30N6O2. The van der Waals surface area contributed by atoms with Crippen molar-refractivity contribution in [3.05, 3.63) is 41.6 Å². The summed E-state index contributed by atoms with van der Waals surface area (Å²) in [4.78, 5) is 25.3. The molecule has 0 saturated carbocycles. The van der Waals surface area contributed by atoms with Crippen molar-refractivity contribution in [3.63, 3.8) is 0 Å². The normalized spacial score (nSPS) is 17.2. The van der Waals surface area contributed by atoms with Gasteiger partial charge in [-0.2, -0.15) is 4.98 Å². The third kappa shape index (κ3) is 5.11. The van der Waals surface area contributed by atoms with E-state index in [0.717, 1.165) is 56.1 Å². The van der Waals surface area contributed by atoms with Crippen molar-refractivity contribution in [2.45, 2.75) is 45.3 Å². The van der Waals surface area contributed by atoms with Gasteiger partial charge >= 0.3 is 6.09 Å². The third-order valence-electron chi connectivity index (χ3n) is 5.72. The summed E-state index contributed by atoms with van der Waals surface area (Å²) < 4.78 is 5.63. The van der Waals surface area contributed by atoms with Gasteiger partial charge in [-0.25, -0.2) is 9.78 Å². The second-order valence-electron chi connectivity index (χ2n) is 8.04. The van der Waals surface area contributed by atoms with E-state index in [0.29, 0.717) is 6.54 Å². The highest BCUT2D eigenvalue weighted by molar-refractivity contribution is 5.67. The first kappa shape index (κ1) is 20.3. The molecule has 1 amide bonds. The van der Waals surface area contributed by atoms with Crippen LogP contribution >= 0.6 is 0 Å². The molecule has 160 valence electrons. The van der Waals surface area contributed by atoms with Crippen molar-refractivity contribution >= 4 is 23.5 Å². The number of anilines is 3. The molecule has 0 atom stereocenters. The SMILES string of the molecule is Cc1cc(N2CCC(OC(=O)NCc3cccc(N4CCCC4)c3)CC2)nc(N)n1. The van der Waals surface area contributed by atoms with Crippen molar-refractivity contribution in [2.75, 3.05) is 41.7 Å². The maximum Gasteiger partial charge on any atom is 0.407 e. The van der Waals surface area contributed by atoms with Crippen LogP contribution in [0.15, 0.2) is 30.3 Å². The molecule has 2 saturated heterocycles. The van der Waals surface area contributed by atoms with Crippen molar-refractivity contribution in [3.8, 4) is 0 Å². The number of nitrogens with zero attached hydrogens (tertiary/aromatic N) is 4. The van der Waals surface area contributed by atoms with E-state index in [1.807, 2.05) is 25.1 Å². The van der Waals surface area contributed by atoms with E-state index < -0.39 is 0 Å². The minimum atomic E-state index is -0.359. The summed E-state index contributed by atoms with van der Waals surface area (Å²) in [7, 11) is 0. The zero-order valence-corrected chi connectivity index (χ0v) is 17.5. The Kier molecular flexibility index (Phi) is 6.21. The van der Waals surface area contributed by atoms with Crippen LogP contribution in [0.3, 0.4) is 0 Å². The number of amides is 1. The number of nitrogen functional groups attached to an aromatic ring is 1. The quantitative estimate of drug-likeness (QED) is 0.782. The molecule has 8 nitrogen and oxygen atoms in total. The lowest BCUT2D eigenvalue weighted by Gasteiger charge is -2.32. The Balaban J connectivity index is 1.23. The summed E-state index contributed by atoms with van der Waals surface area (Å²) in [6.07, 6.45) is 3.58. The van der Waals surface area contributed by atoms with Crippen LogP contribution in [-0.2, 0) is 11.3 Å². The van der Waals surface area contributed by atoms with Gasteiger partial charge in [-0.05, 0) is 37.5 Å². The van der Waals surface area contributed by atoms with Gasteiger partial charge in [0.1, 0.15) is 11.9 Å². The van der Waals surface area contributed by atoms with E-state index in [2.05, 4.69) is 37.2 Å². The lowest BCUT2D eigenvalue weighted by Crippen LogP contribution is -2.40. The van der Waals surface area contributed by atoms with E-state index in [1.54, 1.807) is 0 Å². The second-order valence-corrected chi connectivity index (χ2v) is 8.04. The summed E-state index contributed by atoms with van der Waals surface area (Å²) in [5, 5.41) is 2.89. The Morgan fingerprint density at radius 3 is 2.63 bits per heavy atom. The van der Waals surface area contributed by atoms with Crippen LogP contribution in [-0.4, -0.2) is 48.3 Å². The van der Waals surface area contributed by atoms with Gasteiger partial charge in [-0.15, -0.1) is 0 Å². The topological polar surface area (TPSA) is 96.6 Å². The molecule has 0 radical (unpaired) electrons. The highest BCUT2D eigenvalue weighted by Gasteiger charge is 2.23. The molecule has 1 aromatic carbocycles. The summed E-state index contributed by atoms with van der Waals surface area (Å²) >= 11 is 0. The van der Waals surface area contributed by atoms with E-state index in [4.69, 9.17) is 10.5 Å². The Hall–Kier alpha value is -3.03. The molecule has 2 fully saturated rings. The Labute approximate surface area is 177 Å². The van der Waals surface area contributed by atoms with Crippen LogP contribution in [0.25, 0.3) is 0 Å². The fraction of sp³-hybridized carbons (Fsp3) is 0.500. The molecule has 3 heterocycles. The molecule has 8 heteroatoms. The molecule has 0 spiro atoms.